The highest BCUT2D eigenvalue weighted by Gasteiger charge is 2.36. The Labute approximate surface area is 120 Å². The van der Waals surface area contributed by atoms with Gasteiger partial charge in [0.1, 0.15) is 0 Å². The van der Waals surface area contributed by atoms with E-state index >= 15 is 0 Å². The molecule has 0 aromatic heterocycles. The summed E-state index contributed by atoms with van der Waals surface area (Å²) in [6.45, 7) is 0.154. The fourth-order valence-electron chi connectivity index (χ4n) is 2.04. The van der Waals surface area contributed by atoms with E-state index in [9.17, 15) is 18.3 Å². The zero-order valence-corrected chi connectivity index (χ0v) is 12.0. The van der Waals surface area contributed by atoms with Gasteiger partial charge in [0.05, 0.1) is 27.0 Å². The van der Waals surface area contributed by atoms with Crippen LogP contribution in [0, 0.1) is 0 Å². The van der Waals surface area contributed by atoms with E-state index in [-0.39, 0.29) is 27.9 Å². The summed E-state index contributed by atoms with van der Waals surface area (Å²) >= 11 is 11.5. The lowest BCUT2D eigenvalue weighted by molar-refractivity contribution is -0.309. The van der Waals surface area contributed by atoms with E-state index < -0.39 is 22.0 Å². The van der Waals surface area contributed by atoms with Gasteiger partial charge in [-0.3, -0.25) is 0 Å². The van der Waals surface area contributed by atoms with Gasteiger partial charge in [-0.05, 0) is 31.0 Å². The molecule has 0 bridgehead atoms. The summed E-state index contributed by atoms with van der Waals surface area (Å²) in [6, 6.07) is 2.75. The quantitative estimate of drug-likeness (QED) is 0.828. The first kappa shape index (κ1) is 14.6. The van der Waals surface area contributed by atoms with Crippen molar-refractivity contribution >= 4 is 39.2 Å². The molecule has 1 aromatic carbocycles. The largest absolute Gasteiger partial charge is 0.548 e. The molecular formula is C11H10Cl2NO4S-. The van der Waals surface area contributed by atoms with Gasteiger partial charge < -0.3 is 9.90 Å². The first-order valence-corrected chi connectivity index (χ1v) is 7.71. The number of carboxylic acids is 1. The second-order valence-electron chi connectivity index (χ2n) is 4.17. The molecule has 5 nitrogen and oxygen atoms in total. The highest BCUT2D eigenvalue weighted by atomic mass is 35.5. The molecule has 0 amide bonds. The van der Waals surface area contributed by atoms with Gasteiger partial charge in [-0.2, -0.15) is 4.31 Å². The summed E-state index contributed by atoms with van der Waals surface area (Å²) < 4.78 is 25.6. The van der Waals surface area contributed by atoms with Gasteiger partial charge in [0.2, 0.25) is 10.0 Å². The van der Waals surface area contributed by atoms with Crippen LogP contribution >= 0.6 is 23.2 Å². The van der Waals surface area contributed by atoms with E-state index in [1.54, 1.807) is 0 Å². The lowest BCUT2D eigenvalue weighted by Crippen LogP contribution is -2.46. The van der Waals surface area contributed by atoms with E-state index in [4.69, 9.17) is 23.2 Å². The predicted molar refractivity (Wildman–Crippen MR) is 68.4 cm³/mol. The Balaban J connectivity index is 2.42. The van der Waals surface area contributed by atoms with Crippen molar-refractivity contribution in [1.29, 1.82) is 0 Å². The molecule has 0 aliphatic carbocycles. The van der Waals surface area contributed by atoms with Crippen LogP contribution in [0.2, 0.25) is 10.0 Å². The van der Waals surface area contributed by atoms with E-state index in [0.29, 0.717) is 6.42 Å². The molecule has 2 rings (SSSR count). The summed E-state index contributed by atoms with van der Waals surface area (Å²) in [4.78, 5) is 10.9. The number of hydrogen-bond acceptors (Lipinski definition) is 4. The van der Waals surface area contributed by atoms with Crippen molar-refractivity contribution in [3.8, 4) is 0 Å². The van der Waals surface area contributed by atoms with E-state index in [1.165, 1.54) is 18.2 Å². The molecular weight excluding hydrogens is 313 g/mol. The topological polar surface area (TPSA) is 77.5 Å². The Morgan fingerprint density at radius 3 is 2.58 bits per heavy atom. The van der Waals surface area contributed by atoms with Gasteiger partial charge >= 0.3 is 0 Å². The smallest absolute Gasteiger partial charge is 0.243 e. The summed E-state index contributed by atoms with van der Waals surface area (Å²) in [6.07, 6.45) is 0.738. The van der Waals surface area contributed by atoms with Crippen LogP contribution in [0.5, 0.6) is 0 Å². The minimum atomic E-state index is -3.90. The highest BCUT2D eigenvalue weighted by Crippen LogP contribution is 2.30. The number of benzene rings is 1. The maximum Gasteiger partial charge on any atom is 0.243 e. The third-order valence-electron chi connectivity index (χ3n) is 2.97. The van der Waals surface area contributed by atoms with Gasteiger partial charge in [-0.1, -0.05) is 23.2 Å². The van der Waals surface area contributed by atoms with Gasteiger partial charge in [-0.15, -0.1) is 0 Å². The second-order valence-corrected chi connectivity index (χ2v) is 6.87. The lowest BCUT2D eigenvalue weighted by Gasteiger charge is -2.24. The molecule has 1 aromatic rings. The summed E-state index contributed by atoms with van der Waals surface area (Å²) in [5, 5.41) is 11.3. The van der Waals surface area contributed by atoms with Crippen LogP contribution in [0.3, 0.4) is 0 Å². The SMILES string of the molecule is O=C([O-])[C@@H]1CCCN1S(=O)(=O)c1ccc(Cl)c(Cl)c1. The molecule has 1 aliphatic heterocycles. The van der Waals surface area contributed by atoms with Gasteiger partial charge in [0.25, 0.3) is 0 Å². The maximum atomic E-state index is 12.3. The van der Waals surface area contributed by atoms with Crippen molar-refractivity contribution in [3.05, 3.63) is 28.2 Å². The highest BCUT2D eigenvalue weighted by molar-refractivity contribution is 7.89. The standard InChI is InChI=1S/C11H11Cl2NO4S/c12-8-4-3-7(6-9(8)13)19(17,18)14-5-1-2-10(14)11(15)16/h3-4,6,10H,1-2,5H2,(H,15,16)/p-1/t10-/m0/s1. The van der Waals surface area contributed by atoms with E-state index in [1.807, 2.05) is 0 Å². The number of carbonyl (C=O) groups excluding carboxylic acids is 1. The molecule has 1 atom stereocenters. The van der Waals surface area contributed by atoms with Crippen molar-refractivity contribution in [2.75, 3.05) is 6.54 Å². The van der Waals surface area contributed by atoms with Gasteiger partial charge in [0, 0.05) is 6.54 Å². The Kier molecular flexibility index (Phi) is 4.06. The van der Waals surface area contributed by atoms with Crippen molar-refractivity contribution in [2.45, 2.75) is 23.8 Å². The molecule has 0 spiro atoms. The fourth-order valence-corrected chi connectivity index (χ4v) is 4.07. The Morgan fingerprint density at radius 2 is 2.00 bits per heavy atom. The number of aliphatic carboxylic acids is 1. The molecule has 1 heterocycles. The maximum absolute atomic E-state index is 12.3. The summed E-state index contributed by atoms with van der Waals surface area (Å²) in [5.74, 6) is -1.39. The molecule has 8 heteroatoms. The van der Waals surface area contributed by atoms with Crippen LogP contribution in [0.15, 0.2) is 23.1 Å². The predicted octanol–water partition coefficient (Wildman–Crippen LogP) is 0.896. The molecule has 0 unspecified atom stereocenters. The average molecular weight is 323 g/mol. The number of carbonyl (C=O) groups is 1. The summed E-state index contributed by atoms with van der Waals surface area (Å²) in [5.41, 5.74) is 0. The van der Waals surface area contributed by atoms with Crippen molar-refractivity contribution in [1.82, 2.24) is 4.31 Å². The van der Waals surface area contributed by atoms with Crippen LogP contribution in [-0.2, 0) is 14.8 Å². The Hall–Kier alpha value is -0.820. The number of carboxylic acid groups (broad SMARTS) is 1. The van der Waals surface area contributed by atoms with Crippen LogP contribution in [0.25, 0.3) is 0 Å². The molecule has 1 aliphatic rings. The zero-order valence-electron chi connectivity index (χ0n) is 9.68. The van der Waals surface area contributed by atoms with Crippen LogP contribution in [-0.4, -0.2) is 31.3 Å². The number of sulfonamides is 1. The number of nitrogens with zero attached hydrogens (tertiary/aromatic N) is 1. The molecule has 0 N–H and O–H groups in total. The molecule has 1 fully saturated rings. The normalized spacial score (nSPS) is 20.6. The first-order chi connectivity index (χ1) is 8.84. The molecule has 104 valence electrons. The number of hydrogen-bond donors (Lipinski definition) is 0. The fraction of sp³-hybridized carbons (Fsp3) is 0.364. The second kappa shape index (κ2) is 5.28. The third kappa shape index (κ3) is 2.72. The summed E-state index contributed by atoms with van der Waals surface area (Å²) in [7, 11) is -3.90. The number of halogens is 2. The lowest BCUT2D eigenvalue weighted by atomic mass is 10.2. The zero-order chi connectivity index (χ0) is 14.2. The van der Waals surface area contributed by atoms with Crippen molar-refractivity contribution in [2.24, 2.45) is 0 Å². The van der Waals surface area contributed by atoms with Crippen LogP contribution in [0.1, 0.15) is 12.8 Å². The molecule has 0 saturated carbocycles. The molecule has 19 heavy (non-hydrogen) atoms. The van der Waals surface area contributed by atoms with Crippen LogP contribution < -0.4 is 5.11 Å². The van der Waals surface area contributed by atoms with E-state index in [2.05, 4.69) is 0 Å². The van der Waals surface area contributed by atoms with Crippen molar-refractivity contribution in [3.63, 3.8) is 0 Å². The van der Waals surface area contributed by atoms with Gasteiger partial charge in [0.15, 0.2) is 0 Å². The number of rotatable bonds is 3. The third-order valence-corrected chi connectivity index (χ3v) is 5.62. The van der Waals surface area contributed by atoms with Gasteiger partial charge in [-0.25, -0.2) is 8.42 Å². The first-order valence-electron chi connectivity index (χ1n) is 5.52. The average Bonchev–Trinajstić information content (AvgIpc) is 2.82. The Morgan fingerprint density at radius 1 is 1.32 bits per heavy atom. The minimum absolute atomic E-state index is 0.0740. The van der Waals surface area contributed by atoms with Crippen LogP contribution in [0.4, 0.5) is 0 Å². The minimum Gasteiger partial charge on any atom is -0.548 e. The molecule has 1 saturated heterocycles. The monoisotopic (exact) mass is 322 g/mol. The van der Waals surface area contributed by atoms with Crippen molar-refractivity contribution < 1.29 is 18.3 Å². The molecule has 0 radical (unpaired) electrons. The Bertz CT molecular complexity index is 617. The van der Waals surface area contributed by atoms with E-state index in [0.717, 1.165) is 4.31 Å².